The quantitative estimate of drug-likeness (QED) is 0.666. The SMILES string of the molecule is CC(=O)N=C1CCC[C@](C)(C(=O)Nc2cc3c(NC(C)C)nc([C@@H](C)O)cc3cn2)C1. The largest absolute Gasteiger partial charge is 0.387 e. The van der Waals surface area contributed by atoms with E-state index in [2.05, 4.69) is 25.6 Å². The Morgan fingerprint density at radius 3 is 2.65 bits per heavy atom. The highest BCUT2D eigenvalue weighted by Crippen LogP contribution is 2.36. The number of aliphatic hydroxyl groups excluding tert-OH is 1. The van der Waals surface area contributed by atoms with Crippen LogP contribution in [0.4, 0.5) is 11.6 Å². The molecule has 1 aliphatic carbocycles. The van der Waals surface area contributed by atoms with Crippen LogP contribution in [-0.4, -0.2) is 38.6 Å². The van der Waals surface area contributed by atoms with Gasteiger partial charge in [-0.15, -0.1) is 0 Å². The van der Waals surface area contributed by atoms with Crippen molar-refractivity contribution < 1.29 is 14.7 Å². The van der Waals surface area contributed by atoms with Crippen LogP contribution < -0.4 is 10.6 Å². The molecule has 0 unspecified atom stereocenters. The number of rotatable bonds is 5. The molecular weight excluding hydrogens is 394 g/mol. The minimum absolute atomic E-state index is 0.137. The third-order valence-electron chi connectivity index (χ3n) is 5.48. The lowest BCUT2D eigenvalue weighted by Crippen LogP contribution is -2.38. The van der Waals surface area contributed by atoms with Crippen LogP contribution in [0.2, 0.25) is 0 Å². The summed E-state index contributed by atoms with van der Waals surface area (Å²) in [6.07, 6.45) is 3.73. The molecule has 2 atom stereocenters. The van der Waals surface area contributed by atoms with E-state index < -0.39 is 11.5 Å². The second kappa shape index (κ2) is 9.09. The zero-order valence-corrected chi connectivity index (χ0v) is 18.8. The monoisotopic (exact) mass is 425 g/mol. The van der Waals surface area contributed by atoms with Gasteiger partial charge in [-0.2, -0.15) is 0 Å². The molecule has 8 nitrogen and oxygen atoms in total. The molecule has 0 spiro atoms. The normalized spacial score (nSPS) is 21.3. The van der Waals surface area contributed by atoms with E-state index >= 15 is 0 Å². The third-order valence-corrected chi connectivity index (χ3v) is 5.48. The molecule has 166 valence electrons. The molecule has 8 heteroatoms. The molecule has 31 heavy (non-hydrogen) atoms. The predicted molar refractivity (Wildman–Crippen MR) is 122 cm³/mol. The average Bonchev–Trinajstić information content (AvgIpc) is 2.67. The molecular formula is C23H31N5O3. The van der Waals surface area contributed by atoms with Crippen LogP contribution in [0.3, 0.4) is 0 Å². The number of nitrogens with one attached hydrogen (secondary N) is 2. The second-order valence-electron chi connectivity index (χ2n) is 8.90. The number of amides is 2. The van der Waals surface area contributed by atoms with E-state index in [-0.39, 0.29) is 17.9 Å². The van der Waals surface area contributed by atoms with Crippen molar-refractivity contribution in [2.24, 2.45) is 10.4 Å². The maximum absolute atomic E-state index is 13.1. The molecule has 2 aromatic heterocycles. The van der Waals surface area contributed by atoms with Gasteiger partial charge >= 0.3 is 0 Å². The van der Waals surface area contributed by atoms with Crippen LogP contribution >= 0.6 is 0 Å². The molecule has 0 aliphatic heterocycles. The van der Waals surface area contributed by atoms with Gasteiger partial charge in [0.15, 0.2) is 0 Å². The summed E-state index contributed by atoms with van der Waals surface area (Å²) in [7, 11) is 0. The number of fused-ring (bicyclic) bond motifs is 1. The minimum Gasteiger partial charge on any atom is -0.387 e. The molecule has 0 bridgehead atoms. The first-order valence-electron chi connectivity index (χ1n) is 10.7. The Hall–Kier alpha value is -2.87. The van der Waals surface area contributed by atoms with Gasteiger partial charge in [0.1, 0.15) is 11.6 Å². The Bertz CT molecular complexity index is 1030. The van der Waals surface area contributed by atoms with E-state index in [1.165, 1.54) is 6.92 Å². The number of aliphatic hydroxyl groups is 1. The number of anilines is 2. The molecule has 3 N–H and O–H groups in total. The van der Waals surface area contributed by atoms with Crippen molar-refractivity contribution in [1.29, 1.82) is 0 Å². The van der Waals surface area contributed by atoms with Crippen LogP contribution in [0.5, 0.6) is 0 Å². The Morgan fingerprint density at radius 2 is 2.00 bits per heavy atom. The first-order chi connectivity index (χ1) is 14.6. The van der Waals surface area contributed by atoms with Gasteiger partial charge < -0.3 is 15.7 Å². The Morgan fingerprint density at radius 1 is 1.26 bits per heavy atom. The smallest absolute Gasteiger partial charge is 0.242 e. The van der Waals surface area contributed by atoms with Crippen LogP contribution in [0, 0.1) is 5.41 Å². The van der Waals surface area contributed by atoms with Crippen molar-refractivity contribution in [3.63, 3.8) is 0 Å². The summed E-state index contributed by atoms with van der Waals surface area (Å²) in [6, 6.07) is 3.75. The molecule has 0 radical (unpaired) electrons. The number of nitrogens with zero attached hydrogens (tertiary/aromatic N) is 3. The predicted octanol–water partition coefficient (Wildman–Crippen LogP) is 4.01. The Kier molecular flexibility index (Phi) is 6.69. The molecule has 1 aliphatic rings. The van der Waals surface area contributed by atoms with Crippen molar-refractivity contribution in [3.05, 3.63) is 24.0 Å². The van der Waals surface area contributed by atoms with Gasteiger partial charge in [0.25, 0.3) is 0 Å². The fraction of sp³-hybridized carbons (Fsp3) is 0.522. The highest BCUT2D eigenvalue weighted by atomic mass is 16.3. The van der Waals surface area contributed by atoms with Crippen LogP contribution in [0.25, 0.3) is 10.8 Å². The minimum atomic E-state index is -0.700. The average molecular weight is 426 g/mol. The van der Waals surface area contributed by atoms with Crippen LogP contribution in [-0.2, 0) is 9.59 Å². The van der Waals surface area contributed by atoms with E-state index in [0.717, 1.165) is 35.7 Å². The molecule has 2 heterocycles. The third kappa shape index (κ3) is 5.44. The lowest BCUT2D eigenvalue weighted by Gasteiger charge is -2.32. The summed E-state index contributed by atoms with van der Waals surface area (Å²) in [5.41, 5.74) is 0.693. The van der Waals surface area contributed by atoms with Crippen LogP contribution in [0.15, 0.2) is 23.3 Å². The van der Waals surface area contributed by atoms with Gasteiger partial charge in [-0.3, -0.25) is 9.59 Å². The maximum Gasteiger partial charge on any atom is 0.242 e. The fourth-order valence-electron chi connectivity index (χ4n) is 3.92. The summed E-state index contributed by atoms with van der Waals surface area (Å²) in [5, 5.41) is 17.9. The lowest BCUT2D eigenvalue weighted by atomic mass is 9.74. The molecule has 2 aromatic rings. The summed E-state index contributed by atoms with van der Waals surface area (Å²) < 4.78 is 0. The van der Waals surface area contributed by atoms with Crippen molar-refractivity contribution in [3.8, 4) is 0 Å². The van der Waals surface area contributed by atoms with E-state index in [1.54, 1.807) is 25.3 Å². The van der Waals surface area contributed by atoms with Crippen molar-refractivity contribution in [2.75, 3.05) is 10.6 Å². The van der Waals surface area contributed by atoms with E-state index in [1.807, 2.05) is 20.8 Å². The first-order valence-corrected chi connectivity index (χ1v) is 10.7. The van der Waals surface area contributed by atoms with Crippen molar-refractivity contribution in [2.45, 2.75) is 72.4 Å². The zero-order chi connectivity index (χ0) is 22.8. The van der Waals surface area contributed by atoms with E-state index in [9.17, 15) is 14.7 Å². The number of pyridine rings is 2. The molecule has 2 amide bonds. The van der Waals surface area contributed by atoms with Gasteiger partial charge in [-0.25, -0.2) is 15.0 Å². The molecule has 1 saturated carbocycles. The summed E-state index contributed by atoms with van der Waals surface area (Å²) in [5.74, 6) is 0.709. The van der Waals surface area contributed by atoms with Gasteiger partial charge in [-0.05, 0) is 52.2 Å². The van der Waals surface area contributed by atoms with Crippen molar-refractivity contribution >= 4 is 39.9 Å². The lowest BCUT2D eigenvalue weighted by molar-refractivity contribution is -0.125. The topological polar surface area (TPSA) is 117 Å². The summed E-state index contributed by atoms with van der Waals surface area (Å²) in [6.45, 7) is 9.02. The summed E-state index contributed by atoms with van der Waals surface area (Å²) in [4.78, 5) is 37.5. The fourth-order valence-corrected chi connectivity index (χ4v) is 3.92. The van der Waals surface area contributed by atoms with E-state index in [0.29, 0.717) is 23.8 Å². The number of carbonyl (C=O) groups is 2. The number of hydrogen-bond acceptors (Lipinski definition) is 6. The van der Waals surface area contributed by atoms with Gasteiger partial charge in [-0.1, -0.05) is 6.92 Å². The van der Waals surface area contributed by atoms with Crippen LogP contribution in [0.1, 0.15) is 72.1 Å². The molecule has 0 aromatic carbocycles. The van der Waals surface area contributed by atoms with Gasteiger partial charge in [0.2, 0.25) is 11.8 Å². The molecule has 1 fully saturated rings. The first kappa shape index (κ1) is 22.8. The highest BCUT2D eigenvalue weighted by molar-refractivity contribution is 6.03. The van der Waals surface area contributed by atoms with Gasteiger partial charge in [0, 0.05) is 42.1 Å². The Labute approximate surface area is 182 Å². The number of aromatic nitrogens is 2. The number of aliphatic imine (C=N–C) groups is 1. The molecule has 0 saturated heterocycles. The summed E-state index contributed by atoms with van der Waals surface area (Å²) >= 11 is 0. The zero-order valence-electron chi connectivity index (χ0n) is 18.8. The van der Waals surface area contributed by atoms with Gasteiger partial charge in [0.05, 0.1) is 17.2 Å². The van der Waals surface area contributed by atoms with Crippen molar-refractivity contribution in [1.82, 2.24) is 9.97 Å². The second-order valence-corrected chi connectivity index (χ2v) is 8.90. The Balaban J connectivity index is 1.90. The van der Waals surface area contributed by atoms with E-state index in [4.69, 9.17) is 0 Å². The standard InChI is InChI=1S/C23H31N5O3/c1-13(2)25-21-18-10-20(24-12-16(18)9-19(27-21)14(3)29)28-22(31)23(5)8-6-7-17(11-23)26-15(4)30/h9-10,12-14,29H,6-8,11H2,1-5H3,(H,25,27)(H,24,28,31)/t14-,23+/m1/s1. The maximum atomic E-state index is 13.1. The number of hydrogen-bond donors (Lipinski definition) is 3. The number of carbonyl (C=O) groups excluding carboxylic acids is 2. The highest BCUT2D eigenvalue weighted by Gasteiger charge is 2.37. The molecule has 3 rings (SSSR count).